The van der Waals surface area contributed by atoms with Crippen molar-refractivity contribution in [1.82, 2.24) is 10.3 Å². The van der Waals surface area contributed by atoms with Crippen LogP contribution in [-0.2, 0) is 6.54 Å². The van der Waals surface area contributed by atoms with Gasteiger partial charge in [0.25, 0.3) is 0 Å². The highest BCUT2D eigenvalue weighted by Gasteiger charge is 2.00. The molecule has 4 heteroatoms. The lowest BCUT2D eigenvalue weighted by Gasteiger charge is -2.06. The quantitative estimate of drug-likeness (QED) is 0.645. The lowest BCUT2D eigenvalue weighted by atomic mass is 10.1. The van der Waals surface area contributed by atoms with Crippen molar-refractivity contribution >= 4 is 11.6 Å². The van der Waals surface area contributed by atoms with Gasteiger partial charge in [-0.05, 0) is 42.3 Å². The zero-order valence-corrected chi connectivity index (χ0v) is 11.3. The minimum atomic E-state index is -0.226. The number of halogens is 2. The maximum Gasteiger partial charge on any atom is 0.123 e. The second-order valence-electron chi connectivity index (χ2n) is 4.31. The van der Waals surface area contributed by atoms with Crippen LogP contribution in [0.4, 0.5) is 4.39 Å². The molecule has 100 valence electrons. The summed E-state index contributed by atoms with van der Waals surface area (Å²) in [5.41, 5.74) is 3.07. The Balaban J connectivity index is 2.04. The molecule has 0 atom stereocenters. The van der Waals surface area contributed by atoms with E-state index < -0.39 is 0 Å². The number of pyridine rings is 1. The van der Waals surface area contributed by atoms with Gasteiger partial charge in [-0.2, -0.15) is 0 Å². The molecule has 0 bridgehead atoms. The van der Waals surface area contributed by atoms with E-state index in [1.54, 1.807) is 18.3 Å². The van der Waals surface area contributed by atoms with Gasteiger partial charge < -0.3 is 5.32 Å². The van der Waals surface area contributed by atoms with Crippen molar-refractivity contribution in [1.29, 1.82) is 0 Å². The zero-order valence-electron chi connectivity index (χ0n) is 10.6. The van der Waals surface area contributed by atoms with E-state index in [2.05, 4.69) is 16.4 Å². The summed E-state index contributed by atoms with van der Waals surface area (Å²) in [6.07, 6.45) is 4.57. The average molecular weight is 279 g/mol. The van der Waals surface area contributed by atoms with Crippen molar-refractivity contribution in [2.45, 2.75) is 13.0 Å². The summed E-state index contributed by atoms with van der Waals surface area (Å²) in [7, 11) is 0. The standard InChI is InChI=1S/C15H16ClFN2/c16-6-1-7-18-9-12-8-14(11-19-10-12)13-2-4-15(17)5-3-13/h2-5,8,10-11,18H,1,6-7,9H2. The summed E-state index contributed by atoms with van der Waals surface area (Å²) < 4.78 is 12.9. The molecule has 0 aliphatic carbocycles. The number of hydrogen-bond acceptors (Lipinski definition) is 2. The van der Waals surface area contributed by atoms with Crippen LogP contribution in [0.2, 0.25) is 0 Å². The summed E-state index contributed by atoms with van der Waals surface area (Å²) in [6, 6.07) is 8.50. The fourth-order valence-corrected chi connectivity index (χ4v) is 1.94. The normalized spacial score (nSPS) is 10.6. The second kappa shape index (κ2) is 7.22. The average Bonchev–Trinajstić information content (AvgIpc) is 2.45. The maximum absolute atomic E-state index is 12.9. The monoisotopic (exact) mass is 278 g/mol. The van der Waals surface area contributed by atoms with E-state index in [0.29, 0.717) is 5.88 Å². The van der Waals surface area contributed by atoms with Gasteiger partial charge in [-0.15, -0.1) is 11.6 Å². The first kappa shape index (κ1) is 14.0. The lowest BCUT2D eigenvalue weighted by molar-refractivity contribution is 0.628. The summed E-state index contributed by atoms with van der Waals surface area (Å²) in [5.74, 6) is 0.441. The highest BCUT2D eigenvalue weighted by Crippen LogP contribution is 2.19. The van der Waals surface area contributed by atoms with Crippen molar-refractivity contribution in [2.75, 3.05) is 12.4 Å². The Kier molecular flexibility index (Phi) is 5.31. The molecule has 2 rings (SSSR count). The topological polar surface area (TPSA) is 24.9 Å². The minimum absolute atomic E-state index is 0.226. The number of nitrogens with one attached hydrogen (secondary N) is 1. The van der Waals surface area contributed by atoms with Gasteiger partial charge in [0.2, 0.25) is 0 Å². The third-order valence-corrected chi connectivity index (χ3v) is 3.06. The molecule has 0 fully saturated rings. The van der Waals surface area contributed by atoms with Gasteiger partial charge in [-0.25, -0.2) is 4.39 Å². The second-order valence-corrected chi connectivity index (χ2v) is 4.69. The predicted molar refractivity (Wildman–Crippen MR) is 76.7 cm³/mol. The molecular formula is C15H16ClFN2. The lowest BCUT2D eigenvalue weighted by Crippen LogP contribution is -2.15. The van der Waals surface area contributed by atoms with Crippen LogP contribution >= 0.6 is 11.6 Å². The zero-order chi connectivity index (χ0) is 13.5. The van der Waals surface area contributed by atoms with Crippen molar-refractivity contribution in [3.63, 3.8) is 0 Å². The summed E-state index contributed by atoms with van der Waals surface area (Å²) in [6.45, 7) is 1.66. The molecule has 0 spiro atoms. The van der Waals surface area contributed by atoms with Gasteiger partial charge in [-0.1, -0.05) is 12.1 Å². The van der Waals surface area contributed by atoms with E-state index in [4.69, 9.17) is 11.6 Å². The number of benzene rings is 1. The maximum atomic E-state index is 12.9. The van der Waals surface area contributed by atoms with Crippen LogP contribution in [-0.4, -0.2) is 17.4 Å². The van der Waals surface area contributed by atoms with Crippen molar-refractivity contribution < 1.29 is 4.39 Å². The Morgan fingerprint density at radius 1 is 1.11 bits per heavy atom. The van der Waals surface area contributed by atoms with E-state index in [9.17, 15) is 4.39 Å². The van der Waals surface area contributed by atoms with Crippen LogP contribution in [0.5, 0.6) is 0 Å². The van der Waals surface area contributed by atoms with Crippen molar-refractivity contribution in [3.8, 4) is 11.1 Å². The van der Waals surface area contributed by atoms with Crippen LogP contribution in [0, 0.1) is 5.82 Å². The van der Waals surface area contributed by atoms with Crippen LogP contribution in [0.25, 0.3) is 11.1 Å². The number of alkyl halides is 1. The summed E-state index contributed by atoms with van der Waals surface area (Å²) >= 11 is 5.62. The number of aromatic nitrogens is 1. The molecule has 1 N–H and O–H groups in total. The first-order valence-corrected chi connectivity index (χ1v) is 6.79. The molecule has 0 aliphatic rings. The molecule has 0 radical (unpaired) electrons. The highest BCUT2D eigenvalue weighted by atomic mass is 35.5. The smallest absolute Gasteiger partial charge is 0.123 e. The van der Waals surface area contributed by atoms with E-state index in [1.807, 2.05) is 6.20 Å². The van der Waals surface area contributed by atoms with Crippen molar-refractivity contribution in [3.05, 3.63) is 54.1 Å². The minimum Gasteiger partial charge on any atom is -0.313 e. The van der Waals surface area contributed by atoms with Gasteiger partial charge in [0.1, 0.15) is 5.82 Å². The van der Waals surface area contributed by atoms with Gasteiger partial charge >= 0.3 is 0 Å². The van der Waals surface area contributed by atoms with Gasteiger partial charge in [0.05, 0.1) is 0 Å². The van der Waals surface area contributed by atoms with Crippen LogP contribution in [0.1, 0.15) is 12.0 Å². The van der Waals surface area contributed by atoms with Crippen LogP contribution < -0.4 is 5.32 Å². The van der Waals surface area contributed by atoms with E-state index >= 15 is 0 Å². The Hall–Kier alpha value is -1.45. The molecular weight excluding hydrogens is 263 g/mol. The van der Waals surface area contributed by atoms with Gasteiger partial charge in [0.15, 0.2) is 0 Å². The molecule has 0 aliphatic heterocycles. The summed E-state index contributed by atoms with van der Waals surface area (Å²) in [4.78, 5) is 4.22. The molecule has 0 saturated heterocycles. The molecule has 2 nitrogen and oxygen atoms in total. The number of rotatable bonds is 6. The first-order chi connectivity index (χ1) is 9.29. The fraction of sp³-hybridized carbons (Fsp3) is 0.267. The fourth-order valence-electron chi connectivity index (χ4n) is 1.81. The Morgan fingerprint density at radius 3 is 2.63 bits per heavy atom. The molecule has 1 heterocycles. The largest absolute Gasteiger partial charge is 0.313 e. The Bertz CT molecular complexity index is 514. The SMILES string of the molecule is Fc1ccc(-c2cncc(CNCCCCl)c2)cc1. The van der Waals surface area contributed by atoms with Crippen LogP contribution in [0.15, 0.2) is 42.7 Å². The molecule has 0 saturated carbocycles. The summed E-state index contributed by atoms with van der Waals surface area (Å²) in [5, 5.41) is 3.31. The van der Waals surface area contributed by atoms with Crippen molar-refractivity contribution in [2.24, 2.45) is 0 Å². The van der Waals surface area contributed by atoms with E-state index in [1.165, 1.54) is 12.1 Å². The highest BCUT2D eigenvalue weighted by molar-refractivity contribution is 6.17. The Morgan fingerprint density at radius 2 is 1.89 bits per heavy atom. The van der Waals surface area contributed by atoms with E-state index in [0.717, 1.165) is 36.2 Å². The molecule has 1 aromatic heterocycles. The molecule has 19 heavy (non-hydrogen) atoms. The van der Waals surface area contributed by atoms with Crippen LogP contribution in [0.3, 0.4) is 0 Å². The molecule has 0 unspecified atom stereocenters. The third kappa shape index (κ3) is 4.30. The van der Waals surface area contributed by atoms with E-state index in [-0.39, 0.29) is 5.82 Å². The number of hydrogen-bond donors (Lipinski definition) is 1. The predicted octanol–water partition coefficient (Wildman–Crippen LogP) is 3.61. The first-order valence-electron chi connectivity index (χ1n) is 6.26. The molecule has 2 aromatic rings. The van der Waals surface area contributed by atoms with Gasteiger partial charge in [0, 0.05) is 30.4 Å². The molecule has 1 aromatic carbocycles. The third-order valence-electron chi connectivity index (χ3n) is 2.79. The Labute approximate surface area is 117 Å². The molecule has 0 amide bonds. The number of nitrogens with zero attached hydrogens (tertiary/aromatic N) is 1. The van der Waals surface area contributed by atoms with Gasteiger partial charge in [-0.3, -0.25) is 4.98 Å².